The number of benzene rings is 2. The fourth-order valence-corrected chi connectivity index (χ4v) is 3.47. The molecule has 1 aliphatic heterocycles. The third-order valence-electron chi connectivity index (χ3n) is 5.09. The minimum atomic E-state index is -3.00. The molecule has 1 unspecified atom stereocenters. The molecule has 194 valence electrons. The van der Waals surface area contributed by atoms with Gasteiger partial charge in [0.05, 0.1) is 19.4 Å². The van der Waals surface area contributed by atoms with Crippen molar-refractivity contribution in [3.8, 4) is 11.5 Å². The fourth-order valence-electron chi connectivity index (χ4n) is 3.47. The molecule has 4 amide bonds. The normalized spacial score (nSPS) is 14.8. The summed E-state index contributed by atoms with van der Waals surface area (Å²) in [6.07, 6.45) is 1.29. The van der Waals surface area contributed by atoms with Crippen LogP contribution >= 0.6 is 11.8 Å². The highest BCUT2D eigenvalue weighted by Gasteiger charge is 2.30. The number of anilines is 1. The summed E-state index contributed by atoms with van der Waals surface area (Å²) in [7, 11) is 1.37. The van der Waals surface area contributed by atoms with Crippen molar-refractivity contribution in [3.63, 3.8) is 0 Å². The van der Waals surface area contributed by atoms with Crippen molar-refractivity contribution in [1.82, 2.24) is 9.84 Å². The number of hydrogen-bond donors (Lipinski definition) is 3. The molecule has 1 heterocycles. The maximum absolute atomic E-state index is 12.8. The van der Waals surface area contributed by atoms with Crippen LogP contribution in [-0.2, 0) is 16.1 Å². The van der Waals surface area contributed by atoms with E-state index in [1.807, 2.05) is 6.92 Å². The predicted molar refractivity (Wildman–Crippen MR) is 130 cm³/mol. The summed E-state index contributed by atoms with van der Waals surface area (Å²) in [5.41, 5.74) is 7.62. The third kappa shape index (κ3) is 8.08. The molecule has 3 rings (SSSR count). The number of ether oxygens (including phenoxy) is 2. The van der Waals surface area contributed by atoms with Crippen molar-refractivity contribution >= 4 is 41.5 Å². The number of rotatable bonds is 9. The summed E-state index contributed by atoms with van der Waals surface area (Å²) in [4.78, 5) is 34.3. The molecule has 10 nitrogen and oxygen atoms in total. The molecule has 0 bridgehead atoms. The van der Waals surface area contributed by atoms with Gasteiger partial charge in [-0.25, -0.2) is 9.80 Å². The zero-order valence-corrected chi connectivity index (χ0v) is 20.3. The number of nitrogens with one attached hydrogen (secondary N) is 2. The largest absolute Gasteiger partial charge is 0.493 e. The third-order valence-corrected chi connectivity index (χ3v) is 5.18. The second kappa shape index (κ2) is 13.8. The number of halogens is 3. The van der Waals surface area contributed by atoms with E-state index in [2.05, 4.69) is 26.9 Å². The second-order valence-electron chi connectivity index (χ2n) is 7.40. The van der Waals surface area contributed by atoms with Gasteiger partial charge in [0, 0.05) is 35.4 Å². The number of carbonyl (C=O) groups excluding carboxylic acids is 3. The molecular weight excluding hydrogens is 500 g/mol. The lowest BCUT2D eigenvalue weighted by Gasteiger charge is -2.29. The van der Waals surface area contributed by atoms with Crippen LogP contribution in [0.3, 0.4) is 0 Å². The van der Waals surface area contributed by atoms with Gasteiger partial charge in [-0.2, -0.15) is 13.9 Å². The zero-order valence-electron chi connectivity index (χ0n) is 19.5. The molecule has 0 radical (unpaired) electrons. The van der Waals surface area contributed by atoms with Gasteiger partial charge in [-0.15, -0.1) is 0 Å². The average molecular weight is 526 g/mol. The molecular formula is C23H26ClF2N5O5. The van der Waals surface area contributed by atoms with Crippen LogP contribution in [0.15, 0.2) is 47.6 Å². The van der Waals surface area contributed by atoms with Gasteiger partial charge in [-0.3, -0.25) is 14.4 Å². The fraction of sp³-hybridized carbons (Fsp3) is 0.304. The van der Waals surface area contributed by atoms with E-state index in [0.29, 0.717) is 29.8 Å². The minimum absolute atomic E-state index is 0.0986. The van der Waals surface area contributed by atoms with Gasteiger partial charge in [0.15, 0.2) is 11.5 Å². The zero-order chi connectivity index (χ0) is 26.7. The van der Waals surface area contributed by atoms with Crippen molar-refractivity contribution in [2.45, 2.75) is 32.9 Å². The van der Waals surface area contributed by atoms with Gasteiger partial charge in [0.25, 0.3) is 0 Å². The van der Waals surface area contributed by atoms with Crippen molar-refractivity contribution in [3.05, 3.63) is 53.6 Å². The summed E-state index contributed by atoms with van der Waals surface area (Å²) in [6, 6.07) is 10.9. The highest BCUT2D eigenvalue weighted by Crippen LogP contribution is 2.33. The second-order valence-corrected chi connectivity index (χ2v) is 7.62. The van der Waals surface area contributed by atoms with E-state index in [9.17, 15) is 18.4 Å². The van der Waals surface area contributed by atoms with Crippen molar-refractivity contribution < 1.29 is 32.6 Å². The van der Waals surface area contributed by atoms with Crippen LogP contribution < -0.4 is 25.4 Å². The van der Waals surface area contributed by atoms with Gasteiger partial charge in [0.1, 0.15) is 0 Å². The number of hydrogen-bond acceptors (Lipinski definition) is 6. The first-order valence-corrected chi connectivity index (χ1v) is 11.1. The molecule has 0 aromatic heterocycles. The number of methoxy groups -OCH3 is 1. The summed E-state index contributed by atoms with van der Waals surface area (Å²) < 4.78 is 35.3. The number of hydrazone groups is 1. The number of amides is 4. The van der Waals surface area contributed by atoms with E-state index in [4.69, 9.17) is 15.3 Å². The van der Waals surface area contributed by atoms with Crippen LogP contribution in [0.25, 0.3) is 0 Å². The lowest BCUT2D eigenvalue weighted by molar-refractivity contribution is -0.133. The predicted octanol–water partition coefficient (Wildman–Crippen LogP) is 3.84. The molecule has 2 aromatic rings. The van der Waals surface area contributed by atoms with E-state index >= 15 is 0 Å². The maximum Gasteiger partial charge on any atom is 0.387 e. The Hall–Kier alpha value is -3.93. The summed E-state index contributed by atoms with van der Waals surface area (Å²) in [5.74, 6) is -0.221. The standard InChI is InChI=1S/C22H24F2N4O4.CH2ClNO/c1-3-14-11-19(29)28(12-13-4-7-16(8-5-13)26-22(25)30)27-20(14)15-6-9-17(31-2)18(10-15)32-21(23)24;2-3-1-4/h4-10,14,21H,3,11-12H2,1-2H3,(H3,25,26,30);1H,(H,3,4). The first-order valence-electron chi connectivity index (χ1n) is 10.7. The lowest BCUT2D eigenvalue weighted by Crippen LogP contribution is -2.36. The molecule has 2 aromatic carbocycles. The van der Waals surface area contributed by atoms with E-state index in [0.717, 1.165) is 5.56 Å². The minimum Gasteiger partial charge on any atom is -0.493 e. The Morgan fingerprint density at radius 3 is 2.47 bits per heavy atom. The molecule has 0 saturated heterocycles. The Morgan fingerprint density at radius 1 is 1.28 bits per heavy atom. The Bertz CT molecular complexity index is 1090. The Morgan fingerprint density at radius 2 is 1.94 bits per heavy atom. The molecule has 1 atom stereocenters. The van der Waals surface area contributed by atoms with E-state index < -0.39 is 12.6 Å². The van der Waals surface area contributed by atoms with E-state index in [-0.39, 0.29) is 36.3 Å². The molecule has 1 aliphatic rings. The maximum atomic E-state index is 12.8. The van der Waals surface area contributed by atoms with E-state index in [1.165, 1.54) is 24.3 Å². The van der Waals surface area contributed by atoms with Gasteiger partial charge >= 0.3 is 12.6 Å². The first-order chi connectivity index (χ1) is 17.2. The molecule has 0 aliphatic carbocycles. The quantitative estimate of drug-likeness (QED) is 0.338. The average Bonchev–Trinajstić information content (AvgIpc) is 2.85. The van der Waals surface area contributed by atoms with Crippen LogP contribution in [0.5, 0.6) is 11.5 Å². The Labute approximate surface area is 211 Å². The Kier molecular flexibility index (Phi) is 10.9. The van der Waals surface area contributed by atoms with Crippen molar-refractivity contribution in [2.24, 2.45) is 16.8 Å². The van der Waals surface area contributed by atoms with Crippen molar-refractivity contribution in [1.29, 1.82) is 0 Å². The topological polar surface area (TPSA) is 135 Å². The smallest absolute Gasteiger partial charge is 0.387 e. The van der Waals surface area contributed by atoms with Crippen LogP contribution in [0.1, 0.15) is 30.9 Å². The lowest BCUT2D eigenvalue weighted by atomic mass is 9.89. The van der Waals surface area contributed by atoms with Crippen LogP contribution in [0.2, 0.25) is 0 Å². The van der Waals surface area contributed by atoms with Gasteiger partial charge in [0.2, 0.25) is 12.3 Å². The molecule has 0 fully saturated rings. The van der Waals surface area contributed by atoms with Crippen LogP contribution in [0.4, 0.5) is 19.3 Å². The van der Waals surface area contributed by atoms with E-state index in [1.54, 1.807) is 35.2 Å². The number of nitrogens with zero attached hydrogens (tertiary/aromatic N) is 2. The number of primary amides is 1. The summed E-state index contributed by atoms with van der Waals surface area (Å²) in [5, 5.41) is 8.38. The highest BCUT2D eigenvalue weighted by molar-refractivity contribution is 6.18. The van der Waals surface area contributed by atoms with Gasteiger partial charge in [-0.1, -0.05) is 19.1 Å². The molecule has 13 heteroatoms. The first kappa shape index (κ1) is 28.3. The molecule has 0 saturated carbocycles. The number of urea groups is 1. The number of nitrogens with two attached hydrogens (primary N) is 1. The molecule has 0 spiro atoms. The Balaban J connectivity index is 0.00000106. The van der Waals surface area contributed by atoms with Crippen molar-refractivity contribution in [2.75, 3.05) is 12.4 Å². The highest BCUT2D eigenvalue weighted by atomic mass is 35.5. The molecule has 36 heavy (non-hydrogen) atoms. The SMILES string of the molecule is CCC1CC(=O)N(Cc2ccc(NC(N)=O)cc2)N=C1c1ccc(OC)c(OC(F)F)c1.O=CNCl. The monoisotopic (exact) mass is 525 g/mol. The summed E-state index contributed by atoms with van der Waals surface area (Å²) >= 11 is 4.57. The number of alkyl halides is 2. The van der Waals surface area contributed by atoms with Crippen LogP contribution in [-0.4, -0.2) is 42.8 Å². The molecule has 4 N–H and O–H groups in total. The van der Waals surface area contributed by atoms with Crippen LogP contribution in [0, 0.1) is 5.92 Å². The van der Waals surface area contributed by atoms with Gasteiger partial charge in [-0.05, 0) is 42.3 Å². The summed E-state index contributed by atoms with van der Waals surface area (Å²) in [6.45, 7) is -0.848. The van der Waals surface area contributed by atoms with Gasteiger partial charge < -0.3 is 20.5 Å². The number of carbonyl (C=O) groups is 3.